The number of piperazine rings is 1. The van der Waals surface area contributed by atoms with Crippen LogP contribution in [0, 0.1) is 17.2 Å². The van der Waals surface area contributed by atoms with Gasteiger partial charge in [0, 0.05) is 57.7 Å². The van der Waals surface area contributed by atoms with E-state index in [1.165, 1.54) is 18.5 Å². The molecule has 0 radical (unpaired) electrons. The highest BCUT2D eigenvalue weighted by molar-refractivity contribution is 5.93. The number of aromatic nitrogens is 2. The van der Waals surface area contributed by atoms with Crippen LogP contribution in [0.4, 0.5) is 18.9 Å². The number of hydrogen-bond acceptors (Lipinski definition) is 7. The van der Waals surface area contributed by atoms with Crippen LogP contribution in [0.3, 0.4) is 0 Å². The average molecular weight is 474 g/mol. The molecule has 1 N–H and O–H groups in total. The Morgan fingerprint density at radius 3 is 2.47 bits per heavy atom. The predicted octanol–water partition coefficient (Wildman–Crippen LogP) is 2.14. The molecule has 0 aliphatic carbocycles. The lowest BCUT2D eigenvalue weighted by atomic mass is 9.92. The van der Waals surface area contributed by atoms with E-state index in [0.29, 0.717) is 35.4 Å². The summed E-state index contributed by atoms with van der Waals surface area (Å²) in [7, 11) is 1.99. The Morgan fingerprint density at radius 1 is 1.15 bits per heavy atom. The van der Waals surface area contributed by atoms with Crippen molar-refractivity contribution in [3.63, 3.8) is 0 Å². The SMILES string of the molecule is C=C(C(=O)N[C@@H]1C[C@H](C(F)(F)F)CN(c2ccc(C#N)c3nccnc23)C1)N1CCN(C)CC1. The summed E-state index contributed by atoms with van der Waals surface area (Å²) in [4.78, 5) is 26.9. The number of rotatable bonds is 4. The second-order valence-corrected chi connectivity index (χ2v) is 8.78. The molecule has 2 aliphatic heterocycles. The van der Waals surface area contributed by atoms with E-state index >= 15 is 0 Å². The van der Waals surface area contributed by atoms with E-state index < -0.39 is 24.0 Å². The number of fused-ring (bicyclic) bond motifs is 1. The van der Waals surface area contributed by atoms with Crippen LogP contribution in [0.5, 0.6) is 0 Å². The van der Waals surface area contributed by atoms with Crippen LogP contribution in [-0.2, 0) is 4.79 Å². The Labute approximate surface area is 195 Å². The molecular formula is C23H26F3N7O. The number of halogens is 3. The van der Waals surface area contributed by atoms with Gasteiger partial charge < -0.3 is 20.0 Å². The molecule has 180 valence electrons. The Balaban J connectivity index is 1.57. The molecule has 2 aromatic rings. The number of likely N-dealkylation sites (N-methyl/N-ethyl adjacent to an activating group) is 1. The summed E-state index contributed by atoms with van der Waals surface area (Å²) in [5.41, 5.74) is 1.71. The Morgan fingerprint density at radius 2 is 1.82 bits per heavy atom. The van der Waals surface area contributed by atoms with Gasteiger partial charge in [0.05, 0.1) is 22.9 Å². The monoisotopic (exact) mass is 473 g/mol. The van der Waals surface area contributed by atoms with Crippen molar-refractivity contribution in [3.05, 3.63) is 42.4 Å². The molecule has 1 aromatic heterocycles. The number of piperidine rings is 1. The van der Waals surface area contributed by atoms with Gasteiger partial charge in [0.2, 0.25) is 0 Å². The number of nitrogens with zero attached hydrogens (tertiary/aromatic N) is 6. The minimum Gasteiger partial charge on any atom is -0.367 e. The van der Waals surface area contributed by atoms with E-state index in [4.69, 9.17) is 0 Å². The lowest BCUT2D eigenvalue weighted by Gasteiger charge is -2.41. The van der Waals surface area contributed by atoms with E-state index in [9.17, 15) is 23.2 Å². The quantitative estimate of drug-likeness (QED) is 0.681. The van der Waals surface area contributed by atoms with Crippen molar-refractivity contribution in [1.29, 1.82) is 5.26 Å². The van der Waals surface area contributed by atoms with Crippen molar-refractivity contribution in [2.75, 3.05) is 51.2 Å². The molecule has 8 nitrogen and oxygen atoms in total. The Bertz CT molecular complexity index is 1120. The fourth-order valence-electron chi connectivity index (χ4n) is 4.51. The second kappa shape index (κ2) is 9.46. The van der Waals surface area contributed by atoms with E-state index in [-0.39, 0.29) is 25.2 Å². The highest BCUT2D eigenvalue weighted by Crippen LogP contribution is 2.37. The van der Waals surface area contributed by atoms with Gasteiger partial charge in [-0.05, 0) is 25.6 Å². The zero-order valence-corrected chi connectivity index (χ0v) is 18.8. The topological polar surface area (TPSA) is 88.4 Å². The third kappa shape index (κ3) is 4.92. The normalized spacial score (nSPS) is 21.9. The summed E-state index contributed by atoms with van der Waals surface area (Å²) in [6, 6.07) is 4.43. The van der Waals surface area contributed by atoms with Crippen molar-refractivity contribution in [2.45, 2.75) is 18.6 Å². The zero-order chi connectivity index (χ0) is 24.5. The molecule has 4 rings (SSSR count). The van der Waals surface area contributed by atoms with E-state index in [0.717, 1.165) is 13.1 Å². The van der Waals surface area contributed by atoms with Gasteiger partial charge in [-0.25, -0.2) is 0 Å². The second-order valence-electron chi connectivity index (χ2n) is 8.78. The molecule has 1 aromatic carbocycles. The van der Waals surface area contributed by atoms with Crippen LogP contribution in [-0.4, -0.2) is 84.2 Å². The fourth-order valence-corrected chi connectivity index (χ4v) is 4.51. The van der Waals surface area contributed by atoms with Gasteiger partial charge in [0.1, 0.15) is 17.1 Å². The van der Waals surface area contributed by atoms with Gasteiger partial charge in [0.25, 0.3) is 5.91 Å². The predicted molar refractivity (Wildman–Crippen MR) is 121 cm³/mol. The van der Waals surface area contributed by atoms with Gasteiger partial charge in [-0.15, -0.1) is 0 Å². The van der Waals surface area contributed by atoms with Crippen molar-refractivity contribution < 1.29 is 18.0 Å². The molecule has 3 heterocycles. The third-order valence-corrected chi connectivity index (χ3v) is 6.46. The summed E-state index contributed by atoms with van der Waals surface area (Å²) < 4.78 is 41.5. The summed E-state index contributed by atoms with van der Waals surface area (Å²) >= 11 is 0. The first-order valence-corrected chi connectivity index (χ1v) is 11.1. The van der Waals surface area contributed by atoms with Crippen LogP contribution < -0.4 is 10.2 Å². The maximum Gasteiger partial charge on any atom is 0.393 e. The molecule has 0 bridgehead atoms. The molecule has 0 spiro atoms. The van der Waals surface area contributed by atoms with Crippen LogP contribution in [0.25, 0.3) is 11.0 Å². The van der Waals surface area contributed by atoms with E-state index in [1.54, 1.807) is 11.0 Å². The van der Waals surface area contributed by atoms with Crippen molar-refractivity contribution in [1.82, 2.24) is 25.1 Å². The number of anilines is 1. The number of hydrogen-bond donors (Lipinski definition) is 1. The van der Waals surface area contributed by atoms with Crippen molar-refractivity contribution in [2.24, 2.45) is 5.92 Å². The number of benzene rings is 1. The van der Waals surface area contributed by atoms with Crippen LogP contribution in [0.1, 0.15) is 12.0 Å². The molecule has 34 heavy (non-hydrogen) atoms. The minimum atomic E-state index is -4.43. The molecule has 1 amide bonds. The van der Waals surface area contributed by atoms with Crippen molar-refractivity contribution in [3.8, 4) is 6.07 Å². The number of nitrogens with one attached hydrogen (secondary N) is 1. The van der Waals surface area contributed by atoms with Gasteiger partial charge in [-0.1, -0.05) is 6.58 Å². The maximum atomic E-state index is 13.8. The summed E-state index contributed by atoms with van der Waals surface area (Å²) in [6.07, 6.45) is -1.77. The van der Waals surface area contributed by atoms with Gasteiger partial charge in [-0.3, -0.25) is 14.8 Å². The summed E-state index contributed by atoms with van der Waals surface area (Å²) in [5, 5.41) is 12.1. The first kappa shape index (κ1) is 23.8. The smallest absolute Gasteiger partial charge is 0.367 e. The van der Waals surface area contributed by atoms with E-state index in [2.05, 4.69) is 26.8 Å². The highest BCUT2D eigenvalue weighted by atomic mass is 19.4. The number of carbonyl (C=O) groups is 1. The molecule has 0 unspecified atom stereocenters. The van der Waals surface area contributed by atoms with Crippen LogP contribution >= 0.6 is 0 Å². The number of nitriles is 1. The fraction of sp³-hybridized carbons (Fsp3) is 0.478. The molecule has 2 fully saturated rings. The number of alkyl halides is 3. The Hall–Kier alpha value is -3.39. The van der Waals surface area contributed by atoms with Crippen LogP contribution in [0.2, 0.25) is 0 Å². The average Bonchev–Trinajstić information content (AvgIpc) is 2.82. The molecule has 2 atom stereocenters. The standard InChI is InChI=1S/C23H26F3N7O/c1-15(32-9-7-31(2)8-10-32)22(34)30-18-11-17(23(24,25)26)13-33(14-18)19-4-3-16(12-27)20-21(19)29-6-5-28-20/h3-6,17-18H,1,7-11,13-14H2,2H3,(H,30,34)/t17-,18+/m0/s1. The first-order chi connectivity index (χ1) is 16.2. The van der Waals surface area contributed by atoms with E-state index in [1.807, 2.05) is 18.0 Å². The minimum absolute atomic E-state index is 0.173. The first-order valence-electron chi connectivity index (χ1n) is 11.1. The largest absolute Gasteiger partial charge is 0.393 e. The molecule has 0 saturated carbocycles. The number of carbonyl (C=O) groups excluding carboxylic acids is 1. The molecule has 2 saturated heterocycles. The Kier molecular flexibility index (Phi) is 6.61. The van der Waals surface area contributed by atoms with Crippen molar-refractivity contribution >= 4 is 22.6 Å². The summed E-state index contributed by atoms with van der Waals surface area (Å²) in [5.74, 6) is -2.09. The zero-order valence-electron chi connectivity index (χ0n) is 18.8. The highest BCUT2D eigenvalue weighted by Gasteiger charge is 2.45. The molecular weight excluding hydrogens is 447 g/mol. The van der Waals surface area contributed by atoms with Gasteiger partial charge in [-0.2, -0.15) is 18.4 Å². The van der Waals surface area contributed by atoms with Gasteiger partial charge in [0.15, 0.2) is 0 Å². The van der Waals surface area contributed by atoms with Crippen LogP contribution in [0.15, 0.2) is 36.8 Å². The van der Waals surface area contributed by atoms with Gasteiger partial charge >= 0.3 is 6.18 Å². The number of amides is 1. The summed E-state index contributed by atoms with van der Waals surface area (Å²) in [6.45, 7) is 6.63. The molecule has 2 aliphatic rings. The lowest BCUT2D eigenvalue weighted by molar-refractivity contribution is -0.178. The maximum absolute atomic E-state index is 13.8. The lowest BCUT2D eigenvalue weighted by Crippen LogP contribution is -2.55. The third-order valence-electron chi connectivity index (χ3n) is 6.46. The molecule has 11 heteroatoms.